The molecular weight excluding hydrogens is 184 g/mol. The molecule has 0 radical (unpaired) electrons. The number of rotatable bonds is 7. The summed E-state index contributed by atoms with van der Waals surface area (Å²) < 4.78 is 4.95. The van der Waals surface area contributed by atoms with Gasteiger partial charge in [0, 0.05) is 6.54 Å². The van der Waals surface area contributed by atoms with Crippen LogP contribution in [0.15, 0.2) is 0 Å². The Morgan fingerprint density at radius 3 is 2.64 bits per heavy atom. The number of aliphatic hydroxyl groups is 1. The Morgan fingerprint density at radius 1 is 1.57 bits per heavy atom. The fourth-order valence-electron chi connectivity index (χ4n) is 0.920. The number of nitrogens with one attached hydrogen (secondary N) is 1. The normalized spacial score (nSPS) is 12.9. The molecule has 5 heteroatoms. The molecule has 0 aromatic rings. The van der Waals surface area contributed by atoms with Crippen molar-refractivity contribution >= 4 is 5.91 Å². The number of amides is 1. The van der Waals surface area contributed by atoms with Crippen LogP contribution in [0, 0.1) is 5.92 Å². The highest BCUT2D eigenvalue weighted by molar-refractivity contribution is 5.77. The van der Waals surface area contributed by atoms with Gasteiger partial charge in [0.1, 0.15) is 6.61 Å². The van der Waals surface area contributed by atoms with E-state index < -0.39 is 0 Å². The van der Waals surface area contributed by atoms with E-state index in [1.807, 2.05) is 13.8 Å². The van der Waals surface area contributed by atoms with Gasteiger partial charge in [-0.15, -0.1) is 0 Å². The van der Waals surface area contributed by atoms with E-state index in [1.165, 1.54) is 0 Å². The minimum absolute atomic E-state index is 0.000417. The first-order chi connectivity index (χ1) is 6.61. The second-order valence-corrected chi connectivity index (χ2v) is 3.44. The Balaban J connectivity index is 3.68. The largest absolute Gasteiger partial charge is 0.394 e. The first kappa shape index (κ1) is 13.4. The summed E-state index contributed by atoms with van der Waals surface area (Å²) in [6, 6.07) is -0.205. The zero-order chi connectivity index (χ0) is 11.0. The van der Waals surface area contributed by atoms with Crippen molar-refractivity contribution in [3.05, 3.63) is 0 Å². The molecule has 1 amide bonds. The van der Waals surface area contributed by atoms with Crippen LogP contribution in [0.2, 0.25) is 0 Å². The minimum atomic E-state index is -0.216. The second kappa shape index (κ2) is 7.73. The molecule has 0 rings (SSSR count). The Morgan fingerprint density at radius 2 is 2.21 bits per heavy atom. The first-order valence-electron chi connectivity index (χ1n) is 4.79. The summed E-state index contributed by atoms with van der Waals surface area (Å²) in [5.41, 5.74) is 5.19. The number of ether oxygens (including phenoxy) is 1. The van der Waals surface area contributed by atoms with Crippen LogP contribution in [-0.4, -0.2) is 43.4 Å². The van der Waals surface area contributed by atoms with Gasteiger partial charge in [-0.1, -0.05) is 13.8 Å². The van der Waals surface area contributed by atoms with E-state index >= 15 is 0 Å². The van der Waals surface area contributed by atoms with Crippen molar-refractivity contribution in [3.8, 4) is 0 Å². The van der Waals surface area contributed by atoms with Gasteiger partial charge < -0.3 is 20.9 Å². The lowest BCUT2D eigenvalue weighted by atomic mass is 10.1. The van der Waals surface area contributed by atoms with Gasteiger partial charge >= 0.3 is 0 Å². The van der Waals surface area contributed by atoms with Gasteiger partial charge in [0.2, 0.25) is 5.91 Å². The van der Waals surface area contributed by atoms with Crippen LogP contribution in [-0.2, 0) is 9.53 Å². The van der Waals surface area contributed by atoms with Crippen LogP contribution in [0.3, 0.4) is 0 Å². The molecule has 84 valence electrons. The quantitative estimate of drug-likeness (QED) is 0.469. The Bertz CT molecular complexity index is 162. The zero-order valence-electron chi connectivity index (χ0n) is 8.82. The summed E-state index contributed by atoms with van der Waals surface area (Å²) in [5, 5.41) is 11.6. The molecule has 1 atom stereocenters. The van der Waals surface area contributed by atoms with E-state index in [-0.39, 0.29) is 31.1 Å². The van der Waals surface area contributed by atoms with E-state index in [9.17, 15) is 4.79 Å². The van der Waals surface area contributed by atoms with Crippen LogP contribution in [0.25, 0.3) is 0 Å². The molecule has 0 bridgehead atoms. The van der Waals surface area contributed by atoms with Gasteiger partial charge in [0.25, 0.3) is 0 Å². The van der Waals surface area contributed by atoms with E-state index in [1.54, 1.807) is 0 Å². The fraction of sp³-hybridized carbons (Fsp3) is 0.889. The van der Waals surface area contributed by atoms with Crippen LogP contribution >= 0.6 is 0 Å². The van der Waals surface area contributed by atoms with Crippen molar-refractivity contribution in [1.29, 1.82) is 0 Å². The summed E-state index contributed by atoms with van der Waals surface area (Å²) >= 11 is 0. The van der Waals surface area contributed by atoms with E-state index in [2.05, 4.69) is 5.32 Å². The lowest BCUT2D eigenvalue weighted by Crippen LogP contribution is -2.42. The zero-order valence-corrected chi connectivity index (χ0v) is 8.82. The molecule has 0 aromatic carbocycles. The molecule has 0 spiro atoms. The maximum Gasteiger partial charge on any atom is 0.246 e. The maximum atomic E-state index is 11.2. The third-order valence-electron chi connectivity index (χ3n) is 1.84. The summed E-state index contributed by atoms with van der Waals surface area (Å²) in [4.78, 5) is 11.2. The van der Waals surface area contributed by atoms with Gasteiger partial charge in [0.15, 0.2) is 0 Å². The molecule has 0 heterocycles. The van der Waals surface area contributed by atoms with Crippen molar-refractivity contribution in [3.63, 3.8) is 0 Å². The standard InChI is InChI=1S/C9H20N2O3/c1-7(2)8(5-12)11-9(13)6-14-4-3-10/h7-8,12H,3-6,10H2,1-2H3,(H,11,13). The molecule has 0 aliphatic heterocycles. The first-order valence-corrected chi connectivity index (χ1v) is 4.79. The average Bonchev–Trinajstić information content (AvgIpc) is 2.14. The maximum absolute atomic E-state index is 11.2. The lowest BCUT2D eigenvalue weighted by Gasteiger charge is -2.19. The Kier molecular flexibility index (Phi) is 7.37. The van der Waals surface area contributed by atoms with E-state index in [4.69, 9.17) is 15.6 Å². The predicted molar refractivity (Wildman–Crippen MR) is 53.7 cm³/mol. The van der Waals surface area contributed by atoms with Crippen molar-refractivity contribution in [2.75, 3.05) is 26.4 Å². The topological polar surface area (TPSA) is 84.6 Å². The molecule has 0 saturated heterocycles. The molecule has 14 heavy (non-hydrogen) atoms. The number of hydrogen-bond donors (Lipinski definition) is 3. The summed E-state index contributed by atoms with van der Waals surface area (Å²) in [6.07, 6.45) is 0. The Hall–Kier alpha value is -0.650. The molecule has 5 nitrogen and oxygen atoms in total. The molecule has 4 N–H and O–H groups in total. The number of nitrogens with two attached hydrogens (primary N) is 1. The number of hydrogen-bond acceptors (Lipinski definition) is 4. The molecule has 0 saturated carbocycles. The molecule has 1 unspecified atom stereocenters. The molecule has 0 aliphatic carbocycles. The summed E-state index contributed by atoms with van der Waals surface area (Å²) in [7, 11) is 0. The highest BCUT2D eigenvalue weighted by Crippen LogP contribution is 1.99. The van der Waals surface area contributed by atoms with E-state index in [0.717, 1.165) is 0 Å². The number of aliphatic hydroxyl groups excluding tert-OH is 1. The second-order valence-electron chi connectivity index (χ2n) is 3.44. The van der Waals surface area contributed by atoms with Gasteiger partial charge in [0.05, 0.1) is 19.3 Å². The smallest absolute Gasteiger partial charge is 0.246 e. The van der Waals surface area contributed by atoms with Gasteiger partial charge in [-0.3, -0.25) is 4.79 Å². The van der Waals surface area contributed by atoms with Crippen molar-refractivity contribution in [2.24, 2.45) is 11.7 Å². The molecule has 0 fully saturated rings. The lowest BCUT2D eigenvalue weighted by molar-refractivity contribution is -0.127. The van der Waals surface area contributed by atoms with Gasteiger partial charge in [-0.25, -0.2) is 0 Å². The van der Waals surface area contributed by atoms with Crippen molar-refractivity contribution < 1.29 is 14.6 Å². The predicted octanol–water partition coefficient (Wildman–Crippen LogP) is -0.905. The highest BCUT2D eigenvalue weighted by atomic mass is 16.5. The van der Waals surface area contributed by atoms with Crippen LogP contribution in [0.5, 0.6) is 0 Å². The molecule has 0 aliphatic rings. The highest BCUT2D eigenvalue weighted by Gasteiger charge is 2.14. The Labute approximate surface area is 84.6 Å². The van der Waals surface area contributed by atoms with Crippen molar-refractivity contribution in [2.45, 2.75) is 19.9 Å². The number of carbonyl (C=O) groups excluding carboxylic acids is 1. The third kappa shape index (κ3) is 5.90. The van der Waals surface area contributed by atoms with Gasteiger partial charge in [-0.05, 0) is 5.92 Å². The van der Waals surface area contributed by atoms with Crippen LogP contribution in [0.1, 0.15) is 13.8 Å². The van der Waals surface area contributed by atoms with Crippen LogP contribution < -0.4 is 11.1 Å². The molecule has 0 aromatic heterocycles. The fourth-order valence-corrected chi connectivity index (χ4v) is 0.920. The van der Waals surface area contributed by atoms with E-state index in [0.29, 0.717) is 13.2 Å². The summed E-state index contributed by atoms with van der Waals surface area (Å²) in [6.45, 7) is 4.59. The monoisotopic (exact) mass is 204 g/mol. The van der Waals surface area contributed by atoms with Crippen molar-refractivity contribution in [1.82, 2.24) is 5.32 Å². The minimum Gasteiger partial charge on any atom is -0.394 e. The molecular formula is C9H20N2O3. The number of carbonyl (C=O) groups is 1. The average molecular weight is 204 g/mol. The van der Waals surface area contributed by atoms with Gasteiger partial charge in [-0.2, -0.15) is 0 Å². The summed E-state index contributed by atoms with van der Waals surface area (Å²) in [5.74, 6) is -0.00958. The SMILES string of the molecule is CC(C)C(CO)NC(=O)COCCN. The van der Waals surface area contributed by atoms with Crippen LogP contribution in [0.4, 0.5) is 0 Å². The third-order valence-corrected chi connectivity index (χ3v) is 1.84.